The molecule has 6 rings (SSSR count). The second-order valence-electron chi connectivity index (χ2n) is 13.4. The molecule has 0 unspecified atom stereocenters. The summed E-state index contributed by atoms with van der Waals surface area (Å²) < 4.78 is 19.1. The lowest BCUT2D eigenvalue weighted by atomic mass is 9.89. The number of amides is 1. The van der Waals surface area contributed by atoms with Crippen LogP contribution in [0.3, 0.4) is 0 Å². The standard InChI is InChI=1S/C34H42N4O5S/c1-33(2,3)43-32(40)38-19-24(17-34(38,4)21-42-29-9-5-6-13-41-29)37-12-7-8-23-14-22(18-35)15-27(30(23)37)26-10-11-36-28-16-25(20-39)44-31(26)28/h10-11,14-16,24,29,39H,5-9,12-13,17,19-21H2,1-4H3/t24-,29-,34-/m0/s1. The minimum Gasteiger partial charge on any atom is -0.444 e. The van der Waals surface area contributed by atoms with Crippen molar-refractivity contribution in [2.45, 2.75) is 96.3 Å². The molecule has 0 spiro atoms. The van der Waals surface area contributed by atoms with Gasteiger partial charge in [0.1, 0.15) is 5.60 Å². The van der Waals surface area contributed by atoms with Crippen LogP contribution >= 0.6 is 11.3 Å². The first-order chi connectivity index (χ1) is 21.1. The van der Waals surface area contributed by atoms with Gasteiger partial charge in [-0.05, 0) is 96.0 Å². The van der Waals surface area contributed by atoms with Gasteiger partial charge >= 0.3 is 6.09 Å². The number of thiophene rings is 1. The van der Waals surface area contributed by atoms with Crippen LogP contribution in [-0.2, 0) is 27.2 Å². The van der Waals surface area contributed by atoms with E-state index in [0.717, 1.165) is 76.1 Å². The second kappa shape index (κ2) is 12.3. The van der Waals surface area contributed by atoms with Gasteiger partial charge < -0.3 is 24.2 Å². The first-order valence-electron chi connectivity index (χ1n) is 15.6. The number of aryl methyl sites for hydroxylation is 1. The molecule has 0 saturated carbocycles. The van der Waals surface area contributed by atoms with Gasteiger partial charge in [0.25, 0.3) is 0 Å². The molecule has 3 aliphatic rings. The quantitative estimate of drug-likeness (QED) is 0.339. The third-order valence-electron chi connectivity index (χ3n) is 8.85. The Morgan fingerprint density at radius 1 is 1.25 bits per heavy atom. The number of carbonyl (C=O) groups excluding carboxylic acids is 1. The predicted octanol–water partition coefficient (Wildman–Crippen LogP) is 6.39. The van der Waals surface area contributed by atoms with E-state index in [0.29, 0.717) is 31.7 Å². The molecule has 0 aliphatic carbocycles. The number of ether oxygens (including phenoxy) is 3. The Labute approximate surface area is 263 Å². The van der Waals surface area contributed by atoms with Crippen molar-refractivity contribution in [1.29, 1.82) is 5.26 Å². The van der Waals surface area contributed by atoms with Gasteiger partial charge in [0.2, 0.25) is 0 Å². The SMILES string of the molecule is CC(C)(C)OC(=O)N1C[C@@H](N2CCCc3cc(C#N)cc(-c4ccnc5cc(CO)sc45)c32)C[C@@]1(C)CO[C@H]1CCCCO1. The van der Waals surface area contributed by atoms with Crippen molar-refractivity contribution in [2.24, 2.45) is 0 Å². The summed E-state index contributed by atoms with van der Waals surface area (Å²) in [5.41, 5.74) is 4.48. The molecule has 2 fully saturated rings. The molecule has 1 N–H and O–H groups in total. The first kappa shape index (κ1) is 30.8. The topological polar surface area (TPSA) is 108 Å². The molecule has 0 bridgehead atoms. The summed E-state index contributed by atoms with van der Waals surface area (Å²) in [4.78, 5) is 23.4. The minimum absolute atomic E-state index is 0.0165. The van der Waals surface area contributed by atoms with Gasteiger partial charge in [-0.25, -0.2) is 4.79 Å². The van der Waals surface area contributed by atoms with Crippen molar-refractivity contribution in [3.8, 4) is 17.2 Å². The maximum absolute atomic E-state index is 13.7. The lowest BCUT2D eigenvalue weighted by molar-refractivity contribution is -0.177. The Morgan fingerprint density at radius 3 is 2.82 bits per heavy atom. The Bertz CT molecular complexity index is 1570. The van der Waals surface area contributed by atoms with Crippen LogP contribution < -0.4 is 4.90 Å². The highest BCUT2D eigenvalue weighted by Gasteiger charge is 2.49. The Kier molecular flexibility index (Phi) is 8.59. The summed E-state index contributed by atoms with van der Waals surface area (Å²) in [5.74, 6) is 0. The van der Waals surface area contributed by atoms with Gasteiger partial charge in [-0.15, -0.1) is 11.3 Å². The molecular formula is C34H42N4O5S. The number of nitrogens with zero attached hydrogens (tertiary/aromatic N) is 4. The molecule has 0 radical (unpaired) electrons. The Balaban J connectivity index is 1.39. The van der Waals surface area contributed by atoms with Crippen molar-refractivity contribution < 1.29 is 24.1 Å². The van der Waals surface area contributed by atoms with Crippen LogP contribution in [0.1, 0.15) is 75.8 Å². The predicted molar refractivity (Wildman–Crippen MR) is 171 cm³/mol. The molecule has 3 atom stereocenters. The molecule has 5 heterocycles. The summed E-state index contributed by atoms with van der Waals surface area (Å²) in [6.45, 7) is 10.1. The lowest BCUT2D eigenvalue weighted by Crippen LogP contribution is -2.50. The largest absolute Gasteiger partial charge is 0.444 e. The summed E-state index contributed by atoms with van der Waals surface area (Å²) >= 11 is 1.53. The average molecular weight is 619 g/mol. The number of likely N-dealkylation sites (tertiary alicyclic amines) is 1. The van der Waals surface area contributed by atoms with E-state index in [2.05, 4.69) is 22.9 Å². The molecule has 1 aromatic carbocycles. The normalized spacial score (nSPS) is 23.9. The molecular weight excluding hydrogens is 576 g/mol. The Morgan fingerprint density at radius 2 is 2.09 bits per heavy atom. The zero-order valence-electron chi connectivity index (χ0n) is 26.1. The van der Waals surface area contributed by atoms with E-state index < -0.39 is 11.1 Å². The number of rotatable bonds is 6. The fourth-order valence-electron chi connectivity index (χ4n) is 6.87. The summed E-state index contributed by atoms with van der Waals surface area (Å²) in [6.07, 6.45) is 6.71. The van der Waals surface area contributed by atoms with Gasteiger partial charge in [-0.2, -0.15) is 5.26 Å². The highest BCUT2D eigenvalue weighted by Crippen LogP contribution is 2.46. The third-order valence-corrected chi connectivity index (χ3v) is 9.99. The number of nitriles is 1. The van der Waals surface area contributed by atoms with Crippen molar-refractivity contribution in [3.05, 3.63) is 46.5 Å². The van der Waals surface area contributed by atoms with Crippen LogP contribution in [0, 0.1) is 11.3 Å². The monoisotopic (exact) mass is 618 g/mol. The van der Waals surface area contributed by atoms with E-state index in [-0.39, 0.29) is 25.0 Å². The zero-order valence-corrected chi connectivity index (χ0v) is 26.9. The van der Waals surface area contributed by atoms with Crippen molar-refractivity contribution in [3.63, 3.8) is 0 Å². The number of aliphatic hydroxyl groups excluding tert-OH is 1. The molecule has 2 aromatic heterocycles. The summed E-state index contributed by atoms with van der Waals surface area (Å²) in [6, 6.07) is 10.3. The summed E-state index contributed by atoms with van der Waals surface area (Å²) in [5, 5.41) is 19.8. The van der Waals surface area contributed by atoms with Gasteiger partial charge in [-0.3, -0.25) is 9.88 Å². The number of hydrogen-bond acceptors (Lipinski definition) is 9. The molecule has 3 aliphatic heterocycles. The average Bonchev–Trinajstić information content (AvgIpc) is 3.60. The van der Waals surface area contributed by atoms with Gasteiger partial charge in [0.05, 0.1) is 40.6 Å². The van der Waals surface area contributed by atoms with Crippen LogP contribution in [0.2, 0.25) is 0 Å². The van der Waals surface area contributed by atoms with Crippen molar-refractivity contribution >= 4 is 33.3 Å². The first-order valence-corrected chi connectivity index (χ1v) is 16.5. The third kappa shape index (κ3) is 6.16. The zero-order chi connectivity index (χ0) is 31.1. The van der Waals surface area contributed by atoms with Crippen LogP contribution in [0.15, 0.2) is 30.5 Å². The van der Waals surface area contributed by atoms with Crippen LogP contribution in [0.5, 0.6) is 0 Å². The lowest BCUT2D eigenvalue weighted by Gasteiger charge is -2.38. The highest BCUT2D eigenvalue weighted by atomic mass is 32.1. The van der Waals surface area contributed by atoms with Crippen LogP contribution in [0.4, 0.5) is 10.5 Å². The van der Waals surface area contributed by atoms with E-state index in [4.69, 9.17) is 14.2 Å². The van der Waals surface area contributed by atoms with Crippen LogP contribution in [0.25, 0.3) is 21.3 Å². The number of hydrogen-bond donors (Lipinski definition) is 1. The fraction of sp³-hybridized carbons (Fsp3) is 0.559. The van der Waals surface area contributed by atoms with E-state index in [1.54, 1.807) is 6.20 Å². The number of anilines is 1. The highest BCUT2D eigenvalue weighted by molar-refractivity contribution is 7.19. The maximum Gasteiger partial charge on any atom is 0.410 e. The number of fused-ring (bicyclic) bond motifs is 2. The summed E-state index contributed by atoms with van der Waals surface area (Å²) in [7, 11) is 0. The van der Waals surface area contributed by atoms with E-state index >= 15 is 0 Å². The minimum atomic E-state index is -0.622. The number of aliphatic hydroxyl groups is 1. The van der Waals surface area contributed by atoms with E-state index in [9.17, 15) is 15.2 Å². The fourth-order valence-corrected chi connectivity index (χ4v) is 7.88. The molecule has 44 heavy (non-hydrogen) atoms. The number of aromatic nitrogens is 1. The van der Waals surface area contributed by atoms with Crippen molar-refractivity contribution in [2.75, 3.05) is 31.2 Å². The molecule has 10 heteroatoms. The van der Waals surface area contributed by atoms with Gasteiger partial charge in [0.15, 0.2) is 6.29 Å². The van der Waals surface area contributed by atoms with E-state index in [1.165, 1.54) is 11.3 Å². The van der Waals surface area contributed by atoms with Gasteiger partial charge in [-0.1, -0.05) is 0 Å². The second-order valence-corrected chi connectivity index (χ2v) is 14.6. The molecule has 2 saturated heterocycles. The number of pyridine rings is 1. The molecule has 234 valence electrons. The smallest absolute Gasteiger partial charge is 0.410 e. The van der Waals surface area contributed by atoms with Crippen molar-refractivity contribution in [1.82, 2.24) is 9.88 Å². The maximum atomic E-state index is 13.7. The van der Waals surface area contributed by atoms with Gasteiger partial charge in [0, 0.05) is 53.6 Å². The molecule has 3 aromatic rings. The van der Waals surface area contributed by atoms with Crippen LogP contribution in [-0.4, -0.2) is 70.9 Å². The van der Waals surface area contributed by atoms with E-state index in [1.807, 2.05) is 49.9 Å². The molecule has 9 nitrogen and oxygen atoms in total. The Hall–Kier alpha value is -3.23. The number of benzene rings is 1. The number of carbonyl (C=O) groups is 1. The molecule has 1 amide bonds.